The average Bonchev–Trinajstić information content (AvgIpc) is 2.26. The van der Waals surface area contributed by atoms with Crippen LogP contribution in [0, 0.1) is 0 Å². The maximum Gasteiger partial charge on any atom is 0.416 e. The molecule has 5 heteroatoms. The predicted molar refractivity (Wildman–Crippen MR) is 67.3 cm³/mol. The summed E-state index contributed by atoms with van der Waals surface area (Å²) in [5.74, 6) is 0.519. The van der Waals surface area contributed by atoms with Gasteiger partial charge in [0.25, 0.3) is 0 Å². The van der Waals surface area contributed by atoms with Crippen LogP contribution in [0.3, 0.4) is 0 Å². The summed E-state index contributed by atoms with van der Waals surface area (Å²) >= 11 is 0. The number of alkyl halides is 3. The zero-order valence-electron chi connectivity index (χ0n) is 11.5. The van der Waals surface area contributed by atoms with Crippen molar-refractivity contribution in [2.75, 3.05) is 7.11 Å². The second-order valence-electron chi connectivity index (χ2n) is 5.53. The first-order chi connectivity index (χ1) is 8.51. The van der Waals surface area contributed by atoms with Gasteiger partial charge in [-0.05, 0) is 30.4 Å². The monoisotopic (exact) mass is 276 g/mol. The van der Waals surface area contributed by atoms with Crippen LogP contribution in [0.25, 0.3) is 0 Å². The van der Waals surface area contributed by atoms with E-state index in [0.29, 0.717) is 11.3 Å². The topological polar surface area (TPSA) is 29.5 Å². The van der Waals surface area contributed by atoms with E-state index in [1.807, 2.05) is 0 Å². The standard InChI is InChI=1S/C14H19F3O2/c1-12(2,9-13(3,18)14(15,16)17)10-7-5-6-8-11(10)19-4/h5-8,18H,9H2,1-4H3. The molecule has 2 nitrogen and oxygen atoms in total. The highest BCUT2D eigenvalue weighted by molar-refractivity contribution is 5.39. The lowest BCUT2D eigenvalue weighted by molar-refractivity contribution is -0.259. The second kappa shape index (κ2) is 5.04. The van der Waals surface area contributed by atoms with Crippen LogP contribution in [0.1, 0.15) is 32.8 Å². The van der Waals surface area contributed by atoms with Crippen molar-refractivity contribution in [1.29, 1.82) is 0 Å². The van der Waals surface area contributed by atoms with Crippen molar-refractivity contribution in [3.8, 4) is 5.75 Å². The number of halogens is 3. The van der Waals surface area contributed by atoms with Crippen LogP contribution in [0.2, 0.25) is 0 Å². The first kappa shape index (κ1) is 15.8. The Morgan fingerprint density at radius 3 is 2.11 bits per heavy atom. The van der Waals surface area contributed by atoms with E-state index in [4.69, 9.17) is 4.74 Å². The molecule has 0 heterocycles. The molecule has 0 saturated carbocycles. The van der Waals surface area contributed by atoms with Gasteiger partial charge in [-0.3, -0.25) is 0 Å². The summed E-state index contributed by atoms with van der Waals surface area (Å²) in [6.45, 7) is 4.11. The Morgan fingerprint density at radius 2 is 1.63 bits per heavy atom. The summed E-state index contributed by atoms with van der Waals surface area (Å²) in [6, 6.07) is 6.90. The molecule has 0 saturated heterocycles. The number of ether oxygens (including phenoxy) is 1. The van der Waals surface area contributed by atoms with E-state index >= 15 is 0 Å². The lowest BCUT2D eigenvalue weighted by Gasteiger charge is -2.36. The summed E-state index contributed by atoms with van der Waals surface area (Å²) < 4.78 is 43.5. The van der Waals surface area contributed by atoms with Gasteiger partial charge in [0.05, 0.1) is 7.11 Å². The molecule has 1 aromatic carbocycles. The van der Waals surface area contributed by atoms with Gasteiger partial charge >= 0.3 is 6.18 Å². The van der Waals surface area contributed by atoms with E-state index in [2.05, 4.69) is 0 Å². The Kier molecular flexibility index (Phi) is 4.20. The smallest absolute Gasteiger partial charge is 0.416 e. The van der Waals surface area contributed by atoms with Crippen molar-refractivity contribution in [3.63, 3.8) is 0 Å². The van der Waals surface area contributed by atoms with E-state index in [1.54, 1.807) is 38.1 Å². The largest absolute Gasteiger partial charge is 0.496 e. The van der Waals surface area contributed by atoms with Gasteiger partial charge < -0.3 is 9.84 Å². The van der Waals surface area contributed by atoms with Gasteiger partial charge in [0, 0.05) is 0 Å². The Morgan fingerprint density at radius 1 is 1.11 bits per heavy atom. The third-order valence-corrected chi connectivity index (χ3v) is 3.23. The lowest BCUT2D eigenvalue weighted by atomic mass is 9.75. The van der Waals surface area contributed by atoms with Gasteiger partial charge in [0.15, 0.2) is 5.60 Å². The number of aliphatic hydroxyl groups is 1. The van der Waals surface area contributed by atoms with Crippen molar-refractivity contribution in [2.24, 2.45) is 0 Å². The fraction of sp³-hybridized carbons (Fsp3) is 0.571. The molecular formula is C14H19F3O2. The van der Waals surface area contributed by atoms with Crippen molar-refractivity contribution < 1.29 is 23.0 Å². The SMILES string of the molecule is COc1ccccc1C(C)(C)CC(C)(O)C(F)(F)F. The first-order valence-corrected chi connectivity index (χ1v) is 5.94. The predicted octanol–water partition coefficient (Wildman–Crippen LogP) is 3.68. The van der Waals surface area contributed by atoms with Crippen LogP contribution in [-0.2, 0) is 5.41 Å². The van der Waals surface area contributed by atoms with Crippen molar-refractivity contribution in [2.45, 2.75) is 44.4 Å². The minimum Gasteiger partial charge on any atom is -0.496 e. The highest BCUT2D eigenvalue weighted by atomic mass is 19.4. The van der Waals surface area contributed by atoms with E-state index < -0.39 is 23.6 Å². The maximum atomic E-state index is 12.8. The Hall–Kier alpha value is -1.23. The van der Waals surface area contributed by atoms with E-state index in [-0.39, 0.29) is 0 Å². The number of hydrogen-bond donors (Lipinski definition) is 1. The van der Waals surface area contributed by atoms with Gasteiger partial charge in [-0.1, -0.05) is 32.0 Å². The van der Waals surface area contributed by atoms with Crippen LogP contribution < -0.4 is 4.74 Å². The molecule has 0 aliphatic heterocycles. The quantitative estimate of drug-likeness (QED) is 0.909. The molecule has 0 aromatic heterocycles. The van der Waals surface area contributed by atoms with Gasteiger partial charge in [-0.2, -0.15) is 13.2 Å². The van der Waals surface area contributed by atoms with Crippen LogP contribution in [0.5, 0.6) is 5.75 Å². The first-order valence-electron chi connectivity index (χ1n) is 5.94. The minimum atomic E-state index is -4.66. The van der Waals surface area contributed by atoms with Crippen LogP contribution in [0.4, 0.5) is 13.2 Å². The summed E-state index contributed by atoms with van der Waals surface area (Å²) in [7, 11) is 1.47. The Labute approximate surface area is 111 Å². The molecular weight excluding hydrogens is 257 g/mol. The third-order valence-electron chi connectivity index (χ3n) is 3.23. The van der Waals surface area contributed by atoms with Gasteiger partial charge in [-0.25, -0.2) is 0 Å². The number of hydrogen-bond acceptors (Lipinski definition) is 2. The average molecular weight is 276 g/mol. The molecule has 0 fully saturated rings. The number of methoxy groups -OCH3 is 1. The van der Waals surface area contributed by atoms with Gasteiger partial charge in [0.1, 0.15) is 5.75 Å². The molecule has 1 N–H and O–H groups in total. The molecule has 0 aliphatic rings. The molecule has 1 atom stereocenters. The third kappa shape index (κ3) is 3.41. The number of rotatable bonds is 4. The minimum absolute atomic E-state index is 0.441. The van der Waals surface area contributed by atoms with Crippen molar-refractivity contribution in [3.05, 3.63) is 29.8 Å². The molecule has 19 heavy (non-hydrogen) atoms. The molecule has 0 aliphatic carbocycles. The summed E-state index contributed by atoms with van der Waals surface area (Å²) in [5, 5.41) is 9.65. The molecule has 0 bridgehead atoms. The molecule has 1 rings (SSSR count). The molecule has 0 spiro atoms. The lowest BCUT2D eigenvalue weighted by Crippen LogP contribution is -2.46. The molecule has 1 unspecified atom stereocenters. The van der Waals surface area contributed by atoms with Crippen LogP contribution >= 0.6 is 0 Å². The molecule has 1 aromatic rings. The zero-order chi connectivity index (χ0) is 14.9. The fourth-order valence-electron chi connectivity index (χ4n) is 2.26. The van der Waals surface area contributed by atoms with Crippen LogP contribution in [0.15, 0.2) is 24.3 Å². The summed E-state index contributed by atoms with van der Waals surface area (Å²) in [5.41, 5.74) is -2.97. The van der Waals surface area contributed by atoms with Gasteiger partial charge in [0.2, 0.25) is 0 Å². The molecule has 0 radical (unpaired) electrons. The highest BCUT2D eigenvalue weighted by Crippen LogP contribution is 2.42. The fourth-order valence-corrected chi connectivity index (χ4v) is 2.26. The van der Waals surface area contributed by atoms with E-state index in [0.717, 1.165) is 6.92 Å². The molecule has 108 valence electrons. The van der Waals surface area contributed by atoms with Crippen molar-refractivity contribution >= 4 is 0 Å². The van der Waals surface area contributed by atoms with E-state index in [9.17, 15) is 18.3 Å². The van der Waals surface area contributed by atoms with Gasteiger partial charge in [-0.15, -0.1) is 0 Å². The van der Waals surface area contributed by atoms with E-state index in [1.165, 1.54) is 7.11 Å². The second-order valence-corrected chi connectivity index (χ2v) is 5.53. The number of benzene rings is 1. The normalized spacial score (nSPS) is 16.0. The Bertz CT molecular complexity index is 437. The molecule has 0 amide bonds. The highest BCUT2D eigenvalue weighted by Gasteiger charge is 2.52. The maximum absolute atomic E-state index is 12.8. The number of para-hydroxylation sites is 1. The van der Waals surface area contributed by atoms with Crippen molar-refractivity contribution in [1.82, 2.24) is 0 Å². The zero-order valence-corrected chi connectivity index (χ0v) is 11.5. The van der Waals surface area contributed by atoms with Crippen LogP contribution in [-0.4, -0.2) is 24.0 Å². The summed E-state index contributed by atoms with van der Waals surface area (Å²) in [6.07, 6.45) is -5.10. The Balaban J connectivity index is 3.11. The summed E-state index contributed by atoms with van der Waals surface area (Å²) in [4.78, 5) is 0.